The molecular weight excluding hydrogens is 267 g/mol. The van der Waals surface area contributed by atoms with Crippen molar-refractivity contribution in [2.45, 2.75) is 6.92 Å². The Hall–Kier alpha value is -2.82. The smallest absolute Gasteiger partial charge is 0.220 e. The highest BCUT2D eigenvalue weighted by molar-refractivity contribution is 5.80. The molecule has 0 unspecified atom stereocenters. The van der Waals surface area contributed by atoms with Gasteiger partial charge >= 0.3 is 0 Å². The number of hydrogen-bond donors (Lipinski definition) is 1. The van der Waals surface area contributed by atoms with E-state index in [4.69, 9.17) is 5.73 Å². The van der Waals surface area contributed by atoms with Crippen molar-refractivity contribution in [3.05, 3.63) is 60.3 Å². The molecule has 2 aromatic heterocycles. The molecule has 104 valence electrons. The van der Waals surface area contributed by atoms with Gasteiger partial charge in [0.25, 0.3) is 0 Å². The van der Waals surface area contributed by atoms with Gasteiger partial charge < -0.3 is 5.73 Å². The summed E-state index contributed by atoms with van der Waals surface area (Å²) in [6.45, 7) is 1.91. The van der Waals surface area contributed by atoms with Crippen LogP contribution in [0.25, 0.3) is 22.4 Å². The summed E-state index contributed by atoms with van der Waals surface area (Å²) in [5, 5.41) is 0. The van der Waals surface area contributed by atoms with Gasteiger partial charge in [-0.15, -0.1) is 0 Å². The standard InChI is InChI=1S/C16H13FN4/c1-10-7-11(5-6-19-10)14-9-20-16(18)21-15(14)12-3-2-4-13(17)8-12/h2-9H,1H3,(H2,18,20,21). The van der Waals surface area contributed by atoms with Crippen molar-refractivity contribution in [1.29, 1.82) is 0 Å². The van der Waals surface area contributed by atoms with E-state index in [0.717, 1.165) is 16.8 Å². The summed E-state index contributed by atoms with van der Waals surface area (Å²) < 4.78 is 13.5. The van der Waals surface area contributed by atoms with Crippen LogP contribution >= 0.6 is 0 Å². The van der Waals surface area contributed by atoms with Crippen molar-refractivity contribution in [1.82, 2.24) is 15.0 Å². The summed E-state index contributed by atoms with van der Waals surface area (Å²) in [5.41, 5.74) is 9.54. The fourth-order valence-corrected chi connectivity index (χ4v) is 2.18. The molecule has 0 spiro atoms. The number of anilines is 1. The van der Waals surface area contributed by atoms with Gasteiger partial charge in [0.1, 0.15) is 5.82 Å². The maximum atomic E-state index is 13.5. The summed E-state index contributed by atoms with van der Waals surface area (Å²) in [4.78, 5) is 12.5. The number of halogens is 1. The topological polar surface area (TPSA) is 64.7 Å². The largest absolute Gasteiger partial charge is 0.368 e. The van der Waals surface area contributed by atoms with E-state index in [1.54, 1.807) is 24.5 Å². The molecular formula is C16H13FN4. The fourth-order valence-electron chi connectivity index (χ4n) is 2.18. The molecule has 2 heterocycles. The van der Waals surface area contributed by atoms with Crippen molar-refractivity contribution >= 4 is 5.95 Å². The van der Waals surface area contributed by atoms with Gasteiger partial charge in [-0.25, -0.2) is 14.4 Å². The molecule has 1 aromatic carbocycles. The number of pyridine rings is 1. The van der Waals surface area contributed by atoms with E-state index in [1.165, 1.54) is 12.1 Å². The third kappa shape index (κ3) is 2.72. The number of nitrogen functional groups attached to an aromatic ring is 1. The molecule has 0 aliphatic carbocycles. The maximum absolute atomic E-state index is 13.5. The Morgan fingerprint density at radius 1 is 1.05 bits per heavy atom. The fraction of sp³-hybridized carbons (Fsp3) is 0.0625. The van der Waals surface area contributed by atoms with Gasteiger partial charge in [-0.1, -0.05) is 12.1 Å². The second-order valence-electron chi connectivity index (χ2n) is 4.69. The molecule has 0 saturated carbocycles. The van der Waals surface area contributed by atoms with Gasteiger partial charge in [0.05, 0.1) is 5.69 Å². The molecule has 0 radical (unpaired) electrons. The first-order valence-corrected chi connectivity index (χ1v) is 6.45. The van der Waals surface area contributed by atoms with Crippen LogP contribution in [0.4, 0.5) is 10.3 Å². The van der Waals surface area contributed by atoms with Crippen molar-refractivity contribution in [2.75, 3.05) is 5.73 Å². The van der Waals surface area contributed by atoms with Gasteiger partial charge in [0.15, 0.2) is 0 Å². The normalized spacial score (nSPS) is 10.6. The molecule has 3 rings (SSSR count). The van der Waals surface area contributed by atoms with E-state index in [9.17, 15) is 4.39 Å². The number of hydrogen-bond acceptors (Lipinski definition) is 4. The number of aryl methyl sites for hydroxylation is 1. The Kier molecular flexibility index (Phi) is 3.31. The van der Waals surface area contributed by atoms with Crippen molar-refractivity contribution in [2.24, 2.45) is 0 Å². The predicted molar refractivity (Wildman–Crippen MR) is 79.8 cm³/mol. The van der Waals surface area contributed by atoms with E-state index in [0.29, 0.717) is 11.3 Å². The highest BCUT2D eigenvalue weighted by Gasteiger charge is 2.11. The SMILES string of the molecule is Cc1cc(-c2cnc(N)nc2-c2cccc(F)c2)ccn1. The van der Waals surface area contributed by atoms with E-state index in [-0.39, 0.29) is 11.8 Å². The minimum Gasteiger partial charge on any atom is -0.368 e. The zero-order valence-corrected chi connectivity index (χ0v) is 11.4. The monoisotopic (exact) mass is 280 g/mol. The maximum Gasteiger partial charge on any atom is 0.220 e. The van der Waals surface area contributed by atoms with Crippen LogP contribution in [0, 0.1) is 12.7 Å². The Bertz CT molecular complexity index is 802. The summed E-state index contributed by atoms with van der Waals surface area (Å²) in [6, 6.07) is 10.1. The second kappa shape index (κ2) is 5.28. The zero-order valence-electron chi connectivity index (χ0n) is 11.4. The molecule has 0 bridgehead atoms. The second-order valence-corrected chi connectivity index (χ2v) is 4.69. The minimum absolute atomic E-state index is 0.156. The van der Waals surface area contributed by atoms with E-state index in [2.05, 4.69) is 15.0 Å². The van der Waals surface area contributed by atoms with Crippen molar-refractivity contribution < 1.29 is 4.39 Å². The zero-order chi connectivity index (χ0) is 14.8. The molecule has 21 heavy (non-hydrogen) atoms. The van der Waals surface area contributed by atoms with E-state index in [1.807, 2.05) is 19.1 Å². The highest BCUT2D eigenvalue weighted by Crippen LogP contribution is 2.30. The van der Waals surface area contributed by atoms with Crippen molar-refractivity contribution in [3.8, 4) is 22.4 Å². The summed E-state index contributed by atoms with van der Waals surface area (Å²) >= 11 is 0. The van der Waals surface area contributed by atoms with Gasteiger partial charge in [0.2, 0.25) is 5.95 Å². The average molecular weight is 280 g/mol. The van der Waals surface area contributed by atoms with Crippen molar-refractivity contribution in [3.63, 3.8) is 0 Å². The first-order valence-electron chi connectivity index (χ1n) is 6.45. The molecule has 2 N–H and O–H groups in total. The first-order chi connectivity index (χ1) is 10.1. The minimum atomic E-state index is -0.318. The molecule has 0 fully saturated rings. The number of rotatable bonds is 2. The van der Waals surface area contributed by atoms with E-state index >= 15 is 0 Å². The third-order valence-corrected chi connectivity index (χ3v) is 3.11. The lowest BCUT2D eigenvalue weighted by molar-refractivity contribution is 0.628. The quantitative estimate of drug-likeness (QED) is 0.782. The Morgan fingerprint density at radius 3 is 2.67 bits per heavy atom. The van der Waals surface area contributed by atoms with E-state index < -0.39 is 0 Å². The average Bonchev–Trinajstić information content (AvgIpc) is 2.47. The van der Waals surface area contributed by atoms with Crippen LogP contribution in [-0.4, -0.2) is 15.0 Å². The first kappa shape index (κ1) is 13.2. The molecule has 0 saturated heterocycles. The van der Waals surface area contributed by atoms with Gasteiger partial charge in [-0.2, -0.15) is 0 Å². The molecule has 0 aliphatic heterocycles. The molecule has 0 atom stereocenters. The van der Waals surface area contributed by atoms with Crippen LogP contribution in [0.15, 0.2) is 48.8 Å². The number of nitrogens with zero attached hydrogens (tertiary/aromatic N) is 3. The Labute approximate surface area is 121 Å². The molecule has 0 amide bonds. The van der Waals surface area contributed by atoms with Gasteiger partial charge in [-0.3, -0.25) is 4.98 Å². The Morgan fingerprint density at radius 2 is 1.90 bits per heavy atom. The molecule has 0 aliphatic rings. The highest BCUT2D eigenvalue weighted by atomic mass is 19.1. The number of nitrogens with two attached hydrogens (primary N) is 1. The van der Waals surface area contributed by atoms with Crippen LogP contribution < -0.4 is 5.73 Å². The van der Waals surface area contributed by atoms with Crippen LogP contribution in [0.3, 0.4) is 0 Å². The van der Waals surface area contributed by atoms with Crippen LogP contribution in [0.5, 0.6) is 0 Å². The van der Waals surface area contributed by atoms with Crippen LogP contribution in [0.1, 0.15) is 5.69 Å². The summed E-state index contributed by atoms with van der Waals surface area (Å²) in [5.74, 6) is -0.162. The van der Waals surface area contributed by atoms with Gasteiger partial charge in [-0.05, 0) is 36.8 Å². The lowest BCUT2D eigenvalue weighted by Gasteiger charge is -2.10. The lowest BCUT2D eigenvalue weighted by atomic mass is 10.0. The molecule has 5 heteroatoms. The predicted octanol–water partition coefficient (Wildman–Crippen LogP) is 3.24. The molecule has 4 nitrogen and oxygen atoms in total. The summed E-state index contributed by atoms with van der Waals surface area (Å²) in [7, 11) is 0. The number of benzene rings is 1. The van der Waals surface area contributed by atoms with Crippen LogP contribution in [-0.2, 0) is 0 Å². The third-order valence-electron chi connectivity index (χ3n) is 3.11. The van der Waals surface area contributed by atoms with Gasteiger partial charge in [0, 0.05) is 29.2 Å². The summed E-state index contributed by atoms with van der Waals surface area (Å²) in [6.07, 6.45) is 3.37. The number of aromatic nitrogens is 3. The lowest BCUT2D eigenvalue weighted by Crippen LogP contribution is -1.99. The van der Waals surface area contributed by atoms with Crippen LogP contribution in [0.2, 0.25) is 0 Å². The Balaban J connectivity index is 2.22. The molecule has 3 aromatic rings.